The molecule has 2 aromatic rings. The number of carbonyl (C=O) groups is 2. The number of nitrogens with zero attached hydrogens (tertiary/aromatic N) is 5. The third kappa shape index (κ3) is 3.41. The van der Waals surface area contributed by atoms with E-state index in [1.807, 2.05) is 61.0 Å². The van der Waals surface area contributed by atoms with Crippen molar-refractivity contribution in [3.05, 3.63) is 52.8 Å². The fourth-order valence-electron chi connectivity index (χ4n) is 5.35. The number of likely N-dealkylation sites (tertiary alicyclic amines) is 2. The van der Waals surface area contributed by atoms with Gasteiger partial charge in [-0.2, -0.15) is 5.10 Å². The third-order valence-corrected chi connectivity index (χ3v) is 6.71. The molecule has 0 unspecified atom stereocenters. The SMILES string of the molecule is Cc1nn(C)c(C)c1C(=O)N1C[C@H]2CN(C(=O)c3ccccc3)C[C@@]2(CN(C)C)C1. The molecule has 1 aromatic carbocycles. The van der Waals surface area contributed by atoms with Gasteiger partial charge in [0.2, 0.25) is 0 Å². The maximum atomic E-state index is 13.4. The predicted molar refractivity (Wildman–Crippen MR) is 115 cm³/mol. The molecule has 30 heavy (non-hydrogen) atoms. The summed E-state index contributed by atoms with van der Waals surface area (Å²) in [5.41, 5.74) is 3.02. The van der Waals surface area contributed by atoms with Crippen LogP contribution in [0.1, 0.15) is 32.1 Å². The first-order valence-electron chi connectivity index (χ1n) is 10.5. The Morgan fingerprint density at radius 3 is 2.20 bits per heavy atom. The van der Waals surface area contributed by atoms with Crippen molar-refractivity contribution in [2.45, 2.75) is 13.8 Å². The van der Waals surface area contributed by atoms with Crippen LogP contribution in [0.3, 0.4) is 0 Å². The van der Waals surface area contributed by atoms with Crippen LogP contribution in [-0.2, 0) is 7.05 Å². The quantitative estimate of drug-likeness (QED) is 0.773. The van der Waals surface area contributed by atoms with E-state index >= 15 is 0 Å². The highest BCUT2D eigenvalue weighted by atomic mass is 16.2. The van der Waals surface area contributed by atoms with Crippen LogP contribution in [0.25, 0.3) is 0 Å². The van der Waals surface area contributed by atoms with E-state index < -0.39 is 0 Å². The molecule has 2 amide bonds. The summed E-state index contributed by atoms with van der Waals surface area (Å²) < 4.78 is 1.77. The molecule has 2 aliphatic rings. The van der Waals surface area contributed by atoms with Gasteiger partial charge in [-0.3, -0.25) is 14.3 Å². The van der Waals surface area contributed by atoms with Crippen LogP contribution < -0.4 is 0 Å². The van der Waals surface area contributed by atoms with E-state index in [0.717, 1.165) is 29.1 Å². The number of carbonyl (C=O) groups excluding carboxylic acids is 2. The van der Waals surface area contributed by atoms with Gasteiger partial charge in [0.15, 0.2) is 0 Å². The molecule has 7 heteroatoms. The van der Waals surface area contributed by atoms with E-state index in [9.17, 15) is 9.59 Å². The largest absolute Gasteiger partial charge is 0.338 e. The van der Waals surface area contributed by atoms with E-state index in [4.69, 9.17) is 0 Å². The molecule has 2 atom stereocenters. The lowest BCUT2D eigenvalue weighted by Crippen LogP contribution is -2.43. The van der Waals surface area contributed by atoms with Gasteiger partial charge in [0.05, 0.1) is 11.3 Å². The number of hydrogen-bond acceptors (Lipinski definition) is 4. The third-order valence-electron chi connectivity index (χ3n) is 6.71. The second kappa shape index (κ2) is 7.54. The molecular formula is C23H31N5O2. The molecule has 2 aliphatic heterocycles. The average Bonchev–Trinajstić information content (AvgIpc) is 3.29. The Labute approximate surface area is 178 Å². The van der Waals surface area contributed by atoms with E-state index in [-0.39, 0.29) is 23.1 Å². The number of aromatic nitrogens is 2. The van der Waals surface area contributed by atoms with Gasteiger partial charge in [-0.05, 0) is 40.1 Å². The zero-order valence-electron chi connectivity index (χ0n) is 18.6. The zero-order valence-corrected chi connectivity index (χ0v) is 18.6. The van der Waals surface area contributed by atoms with Gasteiger partial charge in [-0.15, -0.1) is 0 Å². The Morgan fingerprint density at radius 1 is 1.07 bits per heavy atom. The highest BCUT2D eigenvalue weighted by Crippen LogP contribution is 2.44. The van der Waals surface area contributed by atoms with Gasteiger partial charge in [0.25, 0.3) is 11.8 Å². The van der Waals surface area contributed by atoms with Crippen LogP contribution >= 0.6 is 0 Å². The van der Waals surface area contributed by atoms with Crippen molar-refractivity contribution in [2.24, 2.45) is 18.4 Å². The maximum Gasteiger partial charge on any atom is 0.257 e. The van der Waals surface area contributed by atoms with Crippen LogP contribution in [0, 0.1) is 25.2 Å². The summed E-state index contributed by atoms with van der Waals surface area (Å²) in [4.78, 5) is 32.6. The van der Waals surface area contributed by atoms with E-state index in [2.05, 4.69) is 24.1 Å². The van der Waals surface area contributed by atoms with Gasteiger partial charge in [0.1, 0.15) is 0 Å². The topological polar surface area (TPSA) is 61.7 Å². The molecule has 2 saturated heterocycles. The summed E-state index contributed by atoms with van der Waals surface area (Å²) in [7, 11) is 6.00. The van der Waals surface area contributed by atoms with Crippen LogP contribution in [0.5, 0.6) is 0 Å². The minimum absolute atomic E-state index is 0.0616. The van der Waals surface area contributed by atoms with Crippen LogP contribution in [0.2, 0.25) is 0 Å². The van der Waals surface area contributed by atoms with Gasteiger partial charge in [-0.1, -0.05) is 18.2 Å². The zero-order chi connectivity index (χ0) is 21.6. The molecule has 2 fully saturated rings. The number of rotatable bonds is 4. The summed E-state index contributed by atoms with van der Waals surface area (Å²) in [5.74, 6) is 0.417. The van der Waals surface area contributed by atoms with E-state index in [1.165, 1.54) is 0 Å². The second-order valence-electron chi connectivity index (χ2n) is 9.20. The average molecular weight is 410 g/mol. The molecule has 0 bridgehead atoms. The molecule has 1 aromatic heterocycles. The summed E-state index contributed by atoms with van der Waals surface area (Å²) in [6.07, 6.45) is 0. The van der Waals surface area contributed by atoms with E-state index in [1.54, 1.807) is 4.68 Å². The predicted octanol–water partition coefficient (Wildman–Crippen LogP) is 1.81. The van der Waals surface area contributed by atoms with Crippen molar-refractivity contribution in [1.82, 2.24) is 24.5 Å². The minimum atomic E-state index is -0.104. The van der Waals surface area contributed by atoms with Gasteiger partial charge < -0.3 is 14.7 Å². The second-order valence-corrected chi connectivity index (χ2v) is 9.20. The first kappa shape index (κ1) is 20.6. The lowest BCUT2D eigenvalue weighted by molar-refractivity contribution is 0.0700. The summed E-state index contributed by atoms with van der Waals surface area (Å²) >= 11 is 0. The van der Waals surface area contributed by atoms with Gasteiger partial charge in [0, 0.05) is 62.4 Å². The number of amides is 2. The fourth-order valence-corrected chi connectivity index (χ4v) is 5.35. The van der Waals surface area contributed by atoms with Crippen LogP contribution in [0.15, 0.2) is 30.3 Å². The summed E-state index contributed by atoms with van der Waals surface area (Å²) in [6.45, 7) is 7.41. The summed E-state index contributed by atoms with van der Waals surface area (Å²) in [6, 6.07) is 9.48. The normalized spacial score (nSPS) is 23.3. The molecule has 7 nitrogen and oxygen atoms in total. The molecule has 4 rings (SSSR count). The molecule has 0 aliphatic carbocycles. The first-order valence-corrected chi connectivity index (χ1v) is 10.5. The molecular weight excluding hydrogens is 378 g/mol. The van der Waals surface area contributed by atoms with Crippen molar-refractivity contribution < 1.29 is 9.59 Å². The molecule has 0 radical (unpaired) electrons. The molecule has 0 spiro atoms. The monoisotopic (exact) mass is 409 g/mol. The fraction of sp³-hybridized carbons (Fsp3) is 0.522. The molecule has 0 N–H and O–H groups in total. The number of benzene rings is 1. The molecule has 3 heterocycles. The highest BCUT2D eigenvalue weighted by molar-refractivity contribution is 5.97. The Morgan fingerprint density at radius 2 is 1.67 bits per heavy atom. The van der Waals surface area contributed by atoms with Crippen molar-refractivity contribution in [3.8, 4) is 0 Å². The first-order chi connectivity index (χ1) is 14.2. The van der Waals surface area contributed by atoms with Crippen molar-refractivity contribution in [3.63, 3.8) is 0 Å². The maximum absolute atomic E-state index is 13.4. The van der Waals surface area contributed by atoms with Crippen molar-refractivity contribution >= 4 is 11.8 Å². The number of hydrogen-bond donors (Lipinski definition) is 0. The van der Waals surface area contributed by atoms with Gasteiger partial charge in [-0.25, -0.2) is 0 Å². The lowest BCUT2D eigenvalue weighted by Gasteiger charge is -2.32. The lowest BCUT2D eigenvalue weighted by atomic mass is 9.80. The van der Waals surface area contributed by atoms with Crippen LogP contribution in [-0.4, -0.2) is 83.1 Å². The van der Waals surface area contributed by atoms with E-state index in [0.29, 0.717) is 26.2 Å². The molecule has 0 saturated carbocycles. The van der Waals surface area contributed by atoms with Crippen molar-refractivity contribution in [1.29, 1.82) is 0 Å². The molecule has 160 valence electrons. The summed E-state index contributed by atoms with van der Waals surface area (Å²) in [5, 5.41) is 4.42. The Bertz CT molecular complexity index is 967. The minimum Gasteiger partial charge on any atom is -0.338 e. The number of aryl methyl sites for hydroxylation is 2. The Balaban J connectivity index is 1.57. The number of fused-ring (bicyclic) bond motifs is 1. The Hall–Kier alpha value is -2.67. The highest BCUT2D eigenvalue weighted by Gasteiger charge is 2.54. The Kier molecular flexibility index (Phi) is 5.18. The van der Waals surface area contributed by atoms with Crippen LogP contribution in [0.4, 0.5) is 0 Å². The smallest absolute Gasteiger partial charge is 0.257 e. The standard InChI is InChI=1S/C23H31N5O2/c1-16-20(17(2)26(5)24-16)22(30)28-12-19-11-27(14-23(19,15-28)13-25(3)4)21(29)18-9-7-6-8-10-18/h6-10,19H,11-15H2,1-5H3/t19-,23+/m1/s1. The van der Waals surface area contributed by atoms with Crippen molar-refractivity contribution in [2.75, 3.05) is 46.8 Å². The van der Waals surface area contributed by atoms with Gasteiger partial charge >= 0.3 is 0 Å².